The number of alkyl halides is 3. The molecule has 0 spiro atoms. The van der Waals surface area contributed by atoms with Crippen LogP contribution in [0, 0.1) is 0 Å². The van der Waals surface area contributed by atoms with Crippen LogP contribution < -0.4 is 5.32 Å². The predicted octanol–water partition coefficient (Wildman–Crippen LogP) is 4.20. The zero-order chi connectivity index (χ0) is 21.3. The molecule has 2 N–H and O–H groups in total. The van der Waals surface area contributed by atoms with Gasteiger partial charge in [0.2, 0.25) is 0 Å². The van der Waals surface area contributed by atoms with Crippen LogP contribution in [0.3, 0.4) is 0 Å². The number of carboxylic acid groups (broad SMARTS) is 1. The van der Waals surface area contributed by atoms with Crippen molar-refractivity contribution in [3.05, 3.63) is 69.6 Å². The van der Waals surface area contributed by atoms with Crippen LogP contribution in [0.5, 0.6) is 0 Å². The van der Waals surface area contributed by atoms with E-state index in [-0.39, 0.29) is 28.5 Å². The fourth-order valence-corrected chi connectivity index (χ4v) is 3.08. The van der Waals surface area contributed by atoms with Crippen molar-refractivity contribution < 1.29 is 27.9 Å². The van der Waals surface area contributed by atoms with Crippen molar-refractivity contribution in [2.75, 3.05) is 0 Å². The summed E-state index contributed by atoms with van der Waals surface area (Å²) in [4.78, 5) is 27.8. The number of rotatable bonds is 5. The number of hydrogen-bond donors (Lipinski definition) is 2. The number of nitrogens with one attached hydrogen (secondary N) is 1. The molecule has 0 fully saturated rings. The molecule has 0 atom stereocenters. The van der Waals surface area contributed by atoms with Gasteiger partial charge in [0.05, 0.1) is 21.8 Å². The number of imidazole rings is 1. The van der Waals surface area contributed by atoms with Crippen molar-refractivity contribution >= 4 is 29.1 Å². The number of pyridine rings is 1. The number of carbonyl (C=O) groups excluding carboxylic acids is 1. The van der Waals surface area contributed by atoms with Gasteiger partial charge in [0.15, 0.2) is 5.65 Å². The normalized spacial score (nSPS) is 11.6. The molecule has 6 nitrogen and oxygen atoms in total. The highest BCUT2D eigenvalue weighted by Crippen LogP contribution is 2.33. The number of amides is 1. The number of nitrogens with zero attached hydrogens (tertiary/aromatic N) is 2. The molecular weight excluding hydrogens is 411 g/mol. The standard InChI is InChI=1S/C19H15ClF3N3O3/c1-2-14-15(17(27)24-8-10-3-5-11(6-4-10)18(28)29)26-9-12(19(21,22)23)7-13(20)16(26)25-14/h3-7,9H,2,8H2,1H3,(H,24,27)(H,28,29). The van der Waals surface area contributed by atoms with Gasteiger partial charge in [-0.05, 0) is 30.2 Å². The molecule has 3 rings (SSSR count). The highest BCUT2D eigenvalue weighted by Gasteiger charge is 2.33. The van der Waals surface area contributed by atoms with Gasteiger partial charge >= 0.3 is 12.1 Å². The van der Waals surface area contributed by atoms with Gasteiger partial charge in [0.1, 0.15) is 5.69 Å². The molecule has 10 heteroatoms. The number of aromatic nitrogens is 2. The maximum Gasteiger partial charge on any atom is 0.417 e. The summed E-state index contributed by atoms with van der Waals surface area (Å²) in [6, 6.07) is 6.64. The molecule has 0 aliphatic rings. The molecule has 1 aromatic carbocycles. The molecule has 0 saturated heterocycles. The minimum absolute atomic E-state index is 0.0299. The van der Waals surface area contributed by atoms with Crippen molar-refractivity contribution in [2.45, 2.75) is 26.1 Å². The Balaban J connectivity index is 1.93. The van der Waals surface area contributed by atoms with Crippen LogP contribution in [0.2, 0.25) is 5.02 Å². The monoisotopic (exact) mass is 425 g/mol. The van der Waals surface area contributed by atoms with Gasteiger partial charge in [0, 0.05) is 12.7 Å². The van der Waals surface area contributed by atoms with Crippen LogP contribution in [-0.4, -0.2) is 26.4 Å². The topological polar surface area (TPSA) is 83.7 Å². The number of halogens is 4. The van der Waals surface area contributed by atoms with Crippen LogP contribution in [0.1, 0.15) is 44.6 Å². The van der Waals surface area contributed by atoms with Crippen molar-refractivity contribution in [2.24, 2.45) is 0 Å². The van der Waals surface area contributed by atoms with Gasteiger partial charge in [0.25, 0.3) is 5.91 Å². The second kappa shape index (κ2) is 7.75. The molecule has 0 aliphatic carbocycles. The average Bonchev–Trinajstić information content (AvgIpc) is 3.05. The van der Waals surface area contributed by atoms with Crippen molar-refractivity contribution in [1.29, 1.82) is 0 Å². The van der Waals surface area contributed by atoms with E-state index in [0.29, 0.717) is 17.7 Å². The summed E-state index contributed by atoms with van der Waals surface area (Å²) < 4.78 is 40.5. The summed E-state index contributed by atoms with van der Waals surface area (Å²) in [5, 5.41) is 11.3. The van der Waals surface area contributed by atoms with Crippen LogP contribution >= 0.6 is 11.6 Å². The summed E-state index contributed by atoms with van der Waals surface area (Å²) in [6.45, 7) is 1.78. The van der Waals surface area contributed by atoms with E-state index in [9.17, 15) is 22.8 Å². The first kappa shape index (κ1) is 20.7. The first-order chi connectivity index (χ1) is 13.6. The van der Waals surface area contributed by atoms with E-state index < -0.39 is 23.6 Å². The predicted molar refractivity (Wildman–Crippen MR) is 99.2 cm³/mol. The molecule has 29 heavy (non-hydrogen) atoms. The number of hydrogen-bond acceptors (Lipinski definition) is 3. The molecule has 1 amide bonds. The zero-order valence-electron chi connectivity index (χ0n) is 15.0. The molecule has 3 aromatic rings. The number of fused-ring (bicyclic) bond motifs is 1. The Morgan fingerprint density at radius 1 is 1.24 bits per heavy atom. The second-order valence-corrected chi connectivity index (χ2v) is 6.62. The van der Waals surface area contributed by atoms with Gasteiger partial charge in [-0.3, -0.25) is 9.20 Å². The van der Waals surface area contributed by atoms with Gasteiger partial charge in [-0.15, -0.1) is 0 Å². The fraction of sp³-hybridized carbons (Fsp3) is 0.211. The number of aromatic carboxylic acids is 1. The van der Waals surface area contributed by atoms with Gasteiger partial charge < -0.3 is 10.4 Å². The summed E-state index contributed by atoms with van der Waals surface area (Å²) in [5.41, 5.74) is 0.0807. The SMILES string of the molecule is CCc1nc2c(Cl)cc(C(F)(F)F)cn2c1C(=O)NCc1ccc(C(=O)O)cc1. The lowest BCUT2D eigenvalue weighted by molar-refractivity contribution is -0.137. The maximum absolute atomic E-state index is 13.1. The van der Waals surface area contributed by atoms with Crippen LogP contribution in [0.15, 0.2) is 36.5 Å². The highest BCUT2D eigenvalue weighted by atomic mass is 35.5. The molecule has 0 aliphatic heterocycles. The van der Waals surface area contributed by atoms with Crippen LogP contribution in [-0.2, 0) is 19.1 Å². The summed E-state index contributed by atoms with van der Waals surface area (Å²) in [6.07, 6.45) is -3.52. The molecule has 2 heterocycles. The molecule has 0 radical (unpaired) electrons. The number of carbonyl (C=O) groups is 2. The lowest BCUT2D eigenvalue weighted by atomic mass is 10.1. The van der Waals surface area contributed by atoms with E-state index in [2.05, 4.69) is 10.3 Å². The fourth-order valence-electron chi connectivity index (χ4n) is 2.82. The quantitative estimate of drug-likeness (QED) is 0.641. The molecule has 0 bridgehead atoms. The smallest absolute Gasteiger partial charge is 0.417 e. The maximum atomic E-state index is 13.1. The first-order valence-corrected chi connectivity index (χ1v) is 8.87. The number of aryl methyl sites for hydroxylation is 1. The van der Waals surface area contributed by atoms with E-state index in [1.54, 1.807) is 6.92 Å². The summed E-state index contributed by atoms with van der Waals surface area (Å²) in [7, 11) is 0. The Morgan fingerprint density at radius 2 is 1.90 bits per heavy atom. The van der Waals surface area contributed by atoms with Crippen LogP contribution in [0.4, 0.5) is 13.2 Å². The van der Waals surface area contributed by atoms with Gasteiger partial charge in [-0.25, -0.2) is 9.78 Å². The average molecular weight is 426 g/mol. The lowest BCUT2D eigenvalue weighted by Gasteiger charge is -2.10. The minimum atomic E-state index is -4.63. The Kier molecular flexibility index (Phi) is 5.52. The zero-order valence-corrected chi connectivity index (χ0v) is 15.8. The van der Waals surface area contributed by atoms with E-state index >= 15 is 0 Å². The third-order valence-electron chi connectivity index (χ3n) is 4.28. The number of carboxylic acids is 1. The molecule has 0 unspecified atom stereocenters. The lowest BCUT2D eigenvalue weighted by Crippen LogP contribution is -2.25. The largest absolute Gasteiger partial charge is 0.478 e. The molecule has 0 saturated carbocycles. The molecule has 2 aromatic heterocycles. The van der Waals surface area contributed by atoms with Gasteiger partial charge in [-0.2, -0.15) is 13.2 Å². The molecular formula is C19H15ClF3N3O3. The Bertz CT molecular complexity index is 1090. The third kappa shape index (κ3) is 4.19. The summed E-state index contributed by atoms with van der Waals surface area (Å²) in [5.74, 6) is -1.69. The molecule has 152 valence electrons. The van der Waals surface area contributed by atoms with E-state index in [4.69, 9.17) is 16.7 Å². The van der Waals surface area contributed by atoms with E-state index in [1.165, 1.54) is 24.3 Å². The number of benzene rings is 1. The minimum Gasteiger partial charge on any atom is -0.478 e. The Morgan fingerprint density at radius 3 is 2.45 bits per heavy atom. The van der Waals surface area contributed by atoms with Crippen LogP contribution in [0.25, 0.3) is 5.65 Å². The highest BCUT2D eigenvalue weighted by molar-refractivity contribution is 6.33. The first-order valence-electron chi connectivity index (χ1n) is 8.50. The van der Waals surface area contributed by atoms with Crippen molar-refractivity contribution in [3.8, 4) is 0 Å². The van der Waals surface area contributed by atoms with E-state index in [1.807, 2.05) is 0 Å². The Labute approximate surface area is 167 Å². The van der Waals surface area contributed by atoms with Gasteiger partial charge in [-0.1, -0.05) is 30.7 Å². The second-order valence-electron chi connectivity index (χ2n) is 6.21. The van der Waals surface area contributed by atoms with E-state index in [0.717, 1.165) is 16.7 Å². The third-order valence-corrected chi connectivity index (χ3v) is 4.56. The summed E-state index contributed by atoms with van der Waals surface area (Å²) >= 11 is 5.97. The van der Waals surface area contributed by atoms with Crippen molar-refractivity contribution in [3.63, 3.8) is 0 Å². The van der Waals surface area contributed by atoms with Crippen molar-refractivity contribution in [1.82, 2.24) is 14.7 Å². The Hall–Kier alpha value is -3.07.